The van der Waals surface area contributed by atoms with Crippen LogP contribution >= 0.6 is 0 Å². The first kappa shape index (κ1) is 16.2. The minimum absolute atomic E-state index is 0. The maximum Gasteiger partial charge on any atom is 2.00 e. The third-order valence-electron chi connectivity index (χ3n) is 1.30. The molecule has 0 atom stereocenters. The summed E-state index contributed by atoms with van der Waals surface area (Å²) < 4.78 is 0. The molecule has 0 amide bonds. The van der Waals surface area contributed by atoms with Crippen LogP contribution in [0.25, 0.3) is 0 Å². The average molecular weight is 362 g/mol. The van der Waals surface area contributed by atoms with Crippen molar-refractivity contribution in [3.63, 3.8) is 0 Å². The Hall–Kier alpha value is -0.232. The van der Waals surface area contributed by atoms with Gasteiger partial charge in [-0.15, -0.1) is 6.07 Å². The van der Waals surface area contributed by atoms with Gasteiger partial charge in [0.1, 0.15) is 0 Å². The number of nitrogens with zero attached hydrogens (tertiary/aromatic N) is 2. The fourth-order valence-electron chi connectivity index (χ4n) is 0.679. The molecule has 0 bridgehead atoms. The molecule has 0 saturated carbocycles. The van der Waals surface area contributed by atoms with Crippen LogP contribution in [0.2, 0.25) is 0 Å². The molecule has 1 aromatic rings. The first-order chi connectivity index (χ1) is 6.02. The van der Waals surface area contributed by atoms with Crippen molar-refractivity contribution in [2.24, 2.45) is 0 Å². The maximum atomic E-state index is 4.01. The zero-order chi connectivity index (χ0) is 10.3. The molecule has 0 saturated heterocycles. The van der Waals surface area contributed by atoms with Crippen LogP contribution in [-0.4, -0.2) is 9.97 Å². The zero-order valence-electron chi connectivity index (χ0n) is 9.53. The van der Waals surface area contributed by atoms with Gasteiger partial charge in [0, 0.05) is 6.33 Å². The standard InChI is InChI=1S/C8H11N2.C3H7.W/c1-8(2,3)7-4-5-9-6-10-7;1-3-2;/h4-5H,1-3H3;3H,1-2H3;/q2*-1;+2. The van der Waals surface area contributed by atoms with Crippen LogP contribution in [0.15, 0.2) is 12.3 Å². The van der Waals surface area contributed by atoms with Gasteiger partial charge >= 0.3 is 21.1 Å². The van der Waals surface area contributed by atoms with E-state index in [0.29, 0.717) is 0 Å². The Kier molecular flexibility index (Phi) is 9.39. The SMILES string of the molecule is CC(C)(C)c1ccn[c-]n1.C[CH-]C.[W+2]. The van der Waals surface area contributed by atoms with Crippen molar-refractivity contribution < 1.29 is 21.1 Å². The third-order valence-corrected chi connectivity index (χ3v) is 1.30. The molecule has 0 unspecified atom stereocenters. The maximum absolute atomic E-state index is 4.01. The van der Waals surface area contributed by atoms with E-state index >= 15 is 0 Å². The molecule has 3 heteroatoms. The Morgan fingerprint density at radius 3 is 2.00 bits per heavy atom. The van der Waals surface area contributed by atoms with E-state index in [0.717, 1.165) is 5.69 Å². The Balaban J connectivity index is 0. The first-order valence-electron chi connectivity index (χ1n) is 4.46. The molecule has 0 aliphatic carbocycles. The predicted octanol–water partition coefficient (Wildman–Crippen LogP) is 2.80. The van der Waals surface area contributed by atoms with Crippen molar-refractivity contribution in [2.75, 3.05) is 0 Å². The van der Waals surface area contributed by atoms with Crippen LogP contribution in [0, 0.1) is 12.7 Å². The molecule has 0 aromatic carbocycles. The van der Waals surface area contributed by atoms with Gasteiger partial charge in [0.15, 0.2) is 0 Å². The van der Waals surface area contributed by atoms with E-state index in [9.17, 15) is 0 Å². The summed E-state index contributed by atoms with van der Waals surface area (Å²) in [6, 6.07) is 1.91. The van der Waals surface area contributed by atoms with Crippen LogP contribution < -0.4 is 0 Å². The Morgan fingerprint density at radius 2 is 1.79 bits per heavy atom. The Labute approximate surface area is 102 Å². The summed E-state index contributed by atoms with van der Waals surface area (Å²) in [6.07, 6.45) is 6.28. The fourth-order valence-corrected chi connectivity index (χ4v) is 0.679. The molecular formula is C11H18N2W. The molecule has 2 nitrogen and oxygen atoms in total. The van der Waals surface area contributed by atoms with E-state index in [-0.39, 0.29) is 26.5 Å². The van der Waals surface area contributed by atoms with E-state index < -0.39 is 0 Å². The summed E-state index contributed by atoms with van der Waals surface area (Å²) in [7, 11) is 0. The smallest absolute Gasteiger partial charge is 0.374 e. The summed E-state index contributed by atoms with van der Waals surface area (Å²) >= 11 is 0. The van der Waals surface area contributed by atoms with Crippen molar-refractivity contribution in [2.45, 2.75) is 40.0 Å². The second-order valence-electron chi connectivity index (χ2n) is 3.87. The Morgan fingerprint density at radius 1 is 1.29 bits per heavy atom. The summed E-state index contributed by atoms with van der Waals surface area (Å²) in [5.74, 6) is 0. The summed E-state index contributed by atoms with van der Waals surface area (Å²) in [5.41, 5.74) is 1.14. The van der Waals surface area contributed by atoms with E-state index in [1.165, 1.54) is 0 Å². The van der Waals surface area contributed by atoms with Gasteiger partial charge in [0.25, 0.3) is 0 Å². The van der Waals surface area contributed by atoms with Gasteiger partial charge in [0.2, 0.25) is 0 Å². The van der Waals surface area contributed by atoms with Crippen LogP contribution in [0.3, 0.4) is 0 Å². The third kappa shape index (κ3) is 7.20. The molecule has 0 aliphatic heterocycles. The van der Waals surface area contributed by atoms with Crippen molar-refractivity contribution in [3.8, 4) is 0 Å². The molecule has 0 N–H and O–H groups in total. The fraction of sp³-hybridized carbons (Fsp3) is 0.545. The van der Waals surface area contributed by atoms with Gasteiger partial charge < -0.3 is 16.4 Å². The van der Waals surface area contributed by atoms with Gasteiger partial charge in [-0.25, -0.2) is 0 Å². The van der Waals surface area contributed by atoms with Gasteiger partial charge in [-0.05, 0) is 5.41 Å². The monoisotopic (exact) mass is 362 g/mol. The zero-order valence-corrected chi connectivity index (χ0v) is 12.5. The first-order valence-corrected chi connectivity index (χ1v) is 4.46. The molecule has 0 radical (unpaired) electrons. The van der Waals surface area contributed by atoms with Crippen molar-refractivity contribution in [1.82, 2.24) is 9.97 Å². The molecule has 78 valence electrons. The molecule has 1 aromatic heterocycles. The molecule has 14 heavy (non-hydrogen) atoms. The van der Waals surface area contributed by atoms with Crippen LogP contribution in [0.5, 0.6) is 0 Å². The molecule has 0 aliphatic rings. The molecular weight excluding hydrogens is 344 g/mol. The summed E-state index contributed by atoms with van der Waals surface area (Å²) in [5, 5.41) is 0. The van der Waals surface area contributed by atoms with Crippen molar-refractivity contribution in [1.29, 1.82) is 0 Å². The van der Waals surface area contributed by atoms with Gasteiger partial charge in [-0.1, -0.05) is 32.7 Å². The predicted molar refractivity (Wildman–Crippen MR) is 55.2 cm³/mol. The van der Waals surface area contributed by atoms with Gasteiger partial charge in [-0.2, -0.15) is 13.8 Å². The number of aromatic nitrogens is 2. The minimum atomic E-state index is 0. The van der Waals surface area contributed by atoms with E-state index in [1.807, 2.05) is 26.3 Å². The topological polar surface area (TPSA) is 25.8 Å². The second kappa shape index (κ2) is 8.11. The van der Waals surface area contributed by atoms with E-state index in [4.69, 9.17) is 0 Å². The van der Waals surface area contributed by atoms with Crippen LogP contribution in [-0.2, 0) is 26.5 Å². The summed E-state index contributed by atoms with van der Waals surface area (Å²) in [6.45, 7) is 10.3. The Bertz CT molecular complexity index is 216. The number of rotatable bonds is 0. The molecule has 1 heterocycles. The van der Waals surface area contributed by atoms with Crippen molar-refractivity contribution >= 4 is 0 Å². The van der Waals surface area contributed by atoms with Gasteiger partial charge in [-0.3, -0.25) is 0 Å². The largest absolute Gasteiger partial charge is 2.00 e. The quantitative estimate of drug-likeness (QED) is 0.664. The van der Waals surface area contributed by atoms with Crippen LogP contribution in [0.1, 0.15) is 40.3 Å². The average Bonchev–Trinajstić information content (AvgIpc) is 2.06. The molecule has 0 spiro atoms. The van der Waals surface area contributed by atoms with Crippen LogP contribution in [0.4, 0.5) is 0 Å². The van der Waals surface area contributed by atoms with E-state index in [1.54, 1.807) is 6.20 Å². The molecule has 0 fully saturated rings. The number of hydrogen-bond acceptors (Lipinski definition) is 2. The number of hydrogen-bond donors (Lipinski definition) is 0. The normalized spacial score (nSPS) is 9.50. The van der Waals surface area contributed by atoms with E-state index in [2.05, 4.69) is 37.1 Å². The van der Waals surface area contributed by atoms with Crippen molar-refractivity contribution in [3.05, 3.63) is 30.7 Å². The second-order valence-corrected chi connectivity index (χ2v) is 3.87. The summed E-state index contributed by atoms with van der Waals surface area (Å²) in [4.78, 5) is 7.74. The molecule has 1 rings (SSSR count). The van der Waals surface area contributed by atoms with Gasteiger partial charge in [0.05, 0.1) is 0 Å². The minimum Gasteiger partial charge on any atom is -0.374 e.